The van der Waals surface area contributed by atoms with Crippen molar-refractivity contribution in [2.75, 3.05) is 39.9 Å². The number of nitrogens with two attached hydrogens (primary N) is 1. The number of hydrogen-bond donors (Lipinski definition) is 2. The third-order valence-electron chi connectivity index (χ3n) is 6.00. The lowest BCUT2D eigenvalue weighted by atomic mass is 10.1. The van der Waals surface area contributed by atoms with Crippen molar-refractivity contribution in [1.29, 1.82) is 0 Å². The predicted octanol–water partition coefficient (Wildman–Crippen LogP) is 2.15. The molecule has 3 N–H and O–H groups in total. The fraction of sp³-hybridized carbons (Fsp3) is 0.393. The largest absolute Gasteiger partial charge is 0.379 e. The third kappa shape index (κ3) is 6.74. The van der Waals surface area contributed by atoms with Crippen molar-refractivity contribution < 1.29 is 19.4 Å². The van der Waals surface area contributed by atoms with Crippen LogP contribution in [0.4, 0.5) is 0 Å². The summed E-state index contributed by atoms with van der Waals surface area (Å²) in [7, 11) is 1.61. The van der Waals surface area contributed by atoms with Crippen LogP contribution in [0.3, 0.4) is 0 Å². The lowest BCUT2D eigenvalue weighted by Gasteiger charge is -2.26. The molecule has 2 amide bonds. The number of likely N-dealkylation sites (N-methyl/N-ethyl adjacent to an activating group) is 1. The molecule has 0 radical (unpaired) electrons. The SMILES string of the molecule is CC.CCN(C)C(=O)C(O)C#Cc1cccc(-c2nc(C(N)=O)n3cc(CN4CCOCC4)ccc23)c1. The highest BCUT2D eigenvalue weighted by molar-refractivity contribution is 5.93. The predicted molar refractivity (Wildman–Crippen MR) is 143 cm³/mol. The maximum Gasteiger partial charge on any atom is 0.285 e. The van der Waals surface area contributed by atoms with E-state index in [1.165, 1.54) is 4.90 Å². The average molecular weight is 506 g/mol. The van der Waals surface area contributed by atoms with Crippen molar-refractivity contribution in [3.63, 3.8) is 0 Å². The molecule has 1 unspecified atom stereocenters. The summed E-state index contributed by atoms with van der Waals surface area (Å²) in [6.45, 7) is 10.2. The molecule has 9 nitrogen and oxygen atoms in total. The first-order valence-electron chi connectivity index (χ1n) is 12.5. The number of nitrogens with zero attached hydrogens (tertiary/aromatic N) is 4. The molecular weight excluding hydrogens is 470 g/mol. The van der Waals surface area contributed by atoms with E-state index in [1.807, 2.05) is 57.3 Å². The molecule has 196 valence electrons. The van der Waals surface area contributed by atoms with Gasteiger partial charge in [-0.1, -0.05) is 43.9 Å². The summed E-state index contributed by atoms with van der Waals surface area (Å²) in [6.07, 6.45) is 0.500. The number of amides is 2. The normalized spacial score (nSPS) is 14.2. The molecule has 1 aliphatic heterocycles. The van der Waals surface area contributed by atoms with Gasteiger partial charge >= 0.3 is 0 Å². The second-order valence-corrected chi connectivity index (χ2v) is 8.43. The van der Waals surface area contributed by atoms with Crippen molar-refractivity contribution in [3.8, 4) is 23.1 Å². The first-order chi connectivity index (χ1) is 17.9. The van der Waals surface area contributed by atoms with Crippen LogP contribution in [0.25, 0.3) is 16.8 Å². The van der Waals surface area contributed by atoms with E-state index in [2.05, 4.69) is 21.7 Å². The molecule has 2 aromatic heterocycles. The van der Waals surface area contributed by atoms with Crippen LogP contribution < -0.4 is 5.73 Å². The highest BCUT2D eigenvalue weighted by Crippen LogP contribution is 2.26. The molecule has 37 heavy (non-hydrogen) atoms. The number of benzene rings is 1. The van der Waals surface area contributed by atoms with Crippen LogP contribution in [-0.4, -0.2) is 82.1 Å². The number of aliphatic hydroxyl groups is 1. The summed E-state index contributed by atoms with van der Waals surface area (Å²) in [5.74, 6) is 4.54. The number of aromatic nitrogens is 2. The fourth-order valence-electron chi connectivity index (χ4n) is 3.95. The first-order valence-corrected chi connectivity index (χ1v) is 12.5. The van der Waals surface area contributed by atoms with Crippen LogP contribution in [0.5, 0.6) is 0 Å². The van der Waals surface area contributed by atoms with Crippen LogP contribution in [0.15, 0.2) is 42.6 Å². The van der Waals surface area contributed by atoms with Crippen molar-refractivity contribution in [3.05, 3.63) is 59.5 Å². The molecule has 0 saturated carbocycles. The number of fused-ring (bicyclic) bond motifs is 1. The number of ether oxygens (including phenoxy) is 1. The summed E-state index contributed by atoms with van der Waals surface area (Å²) in [6, 6.07) is 11.2. The highest BCUT2D eigenvalue weighted by atomic mass is 16.5. The second kappa shape index (κ2) is 13.0. The molecule has 3 aromatic rings. The van der Waals surface area contributed by atoms with Crippen LogP contribution in [0.1, 0.15) is 42.5 Å². The van der Waals surface area contributed by atoms with Crippen LogP contribution in [-0.2, 0) is 16.1 Å². The lowest BCUT2D eigenvalue weighted by Crippen LogP contribution is -2.35. The van der Waals surface area contributed by atoms with Crippen molar-refractivity contribution in [1.82, 2.24) is 19.2 Å². The smallest absolute Gasteiger partial charge is 0.285 e. The highest BCUT2D eigenvalue weighted by Gasteiger charge is 2.19. The molecule has 1 atom stereocenters. The zero-order chi connectivity index (χ0) is 26.9. The first kappa shape index (κ1) is 27.9. The Balaban J connectivity index is 0.00000186. The number of imidazole rings is 1. The monoisotopic (exact) mass is 505 g/mol. The van der Waals surface area contributed by atoms with E-state index in [0.29, 0.717) is 31.0 Å². The van der Waals surface area contributed by atoms with Gasteiger partial charge in [0.15, 0.2) is 6.10 Å². The minimum atomic E-state index is -1.40. The van der Waals surface area contributed by atoms with Gasteiger partial charge in [0.05, 0.1) is 24.4 Å². The molecule has 1 aliphatic rings. The number of aliphatic hydroxyl groups excluding tert-OH is 1. The minimum absolute atomic E-state index is 0.152. The van der Waals surface area contributed by atoms with E-state index >= 15 is 0 Å². The maximum atomic E-state index is 12.2. The molecule has 4 rings (SSSR count). The summed E-state index contributed by atoms with van der Waals surface area (Å²) in [5.41, 5.74) is 9.39. The van der Waals surface area contributed by atoms with E-state index in [4.69, 9.17) is 10.5 Å². The molecular formula is C28H35N5O4. The molecule has 1 fully saturated rings. The summed E-state index contributed by atoms with van der Waals surface area (Å²) >= 11 is 0. The zero-order valence-corrected chi connectivity index (χ0v) is 21.9. The quantitative estimate of drug-likeness (QED) is 0.497. The van der Waals surface area contributed by atoms with Gasteiger partial charge in [0.25, 0.3) is 11.8 Å². The van der Waals surface area contributed by atoms with Crippen LogP contribution in [0.2, 0.25) is 0 Å². The Morgan fingerprint density at radius 1 is 1.22 bits per heavy atom. The van der Waals surface area contributed by atoms with E-state index < -0.39 is 17.9 Å². The van der Waals surface area contributed by atoms with Crippen molar-refractivity contribution in [2.45, 2.75) is 33.4 Å². The lowest BCUT2D eigenvalue weighted by molar-refractivity contribution is -0.135. The van der Waals surface area contributed by atoms with E-state index in [0.717, 1.165) is 36.3 Å². The number of carbonyl (C=O) groups excluding carboxylic acids is 2. The molecule has 1 aromatic carbocycles. The number of rotatable bonds is 6. The van der Waals surface area contributed by atoms with E-state index in [-0.39, 0.29) is 5.82 Å². The van der Waals surface area contributed by atoms with Gasteiger partial charge in [0.1, 0.15) is 0 Å². The van der Waals surface area contributed by atoms with E-state index in [1.54, 1.807) is 17.5 Å². The van der Waals surface area contributed by atoms with Gasteiger partial charge < -0.3 is 20.5 Å². The number of carbonyl (C=O) groups is 2. The Labute approximate surface area is 217 Å². The number of hydrogen-bond acceptors (Lipinski definition) is 6. The fourth-order valence-corrected chi connectivity index (χ4v) is 3.95. The van der Waals surface area contributed by atoms with Gasteiger partial charge in [-0.05, 0) is 30.7 Å². The second-order valence-electron chi connectivity index (χ2n) is 8.43. The van der Waals surface area contributed by atoms with Gasteiger partial charge in [-0.15, -0.1) is 0 Å². The number of morpholine rings is 1. The topological polar surface area (TPSA) is 113 Å². The minimum Gasteiger partial charge on any atom is -0.379 e. The Bertz CT molecular complexity index is 1300. The standard InChI is InChI=1S/C26H29N5O4.C2H6/c1-3-29(2)26(34)22(32)10-8-18-5-4-6-20(15-18)23-21-9-7-19(16-30-11-13-35-14-12-30)17-31(21)25(28-23)24(27)33;1-2/h4-7,9,15,17,22,32H,3,11-14,16H2,1-2H3,(H2,27,33);1-2H3. The summed E-state index contributed by atoms with van der Waals surface area (Å²) in [4.78, 5) is 32.5. The van der Waals surface area contributed by atoms with Gasteiger partial charge in [0, 0.05) is 50.6 Å². The molecule has 3 heterocycles. The van der Waals surface area contributed by atoms with Crippen LogP contribution in [0, 0.1) is 11.8 Å². The van der Waals surface area contributed by atoms with Crippen molar-refractivity contribution in [2.24, 2.45) is 5.73 Å². The molecule has 1 saturated heterocycles. The Morgan fingerprint density at radius 2 is 1.95 bits per heavy atom. The van der Waals surface area contributed by atoms with Gasteiger partial charge in [-0.25, -0.2) is 4.98 Å². The third-order valence-corrected chi connectivity index (χ3v) is 6.00. The Hall–Kier alpha value is -3.71. The average Bonchev–Trinajstić information content (AvgIpc) is 3.32. The molecule has 0 bridgehead atoms. The maximum absolute atomic E-state index is 12.2. The summed E-state index contributed by atoms with van der Waals surface area (Å²) < 4.78 is 7.15. The van der Waals surface area contributed by atoms with E-state index in [9.17, 15) is 14.7 Å². The summed E-state index contributed by atoms with van der Waals surface area (Å²) in [5, 5.41) is 10.1. The Kier molecular flexibility index (Phi) is 9.80. The van der Waals surface area contributed by atoms with Crippen LogP contribution >= 0.6 is 0 Å². The van der Waals surface area contributed by atoms with Gasteiger partial charge in [-0.3, -0.25) is 18.9 Å². The Morgan fingerprint density at radius 3 is 2.62 bits per heavy atom. The molecule has 0 spiro atoms. The molecule has 0 aliphatic carbocycles. The number of primary amides is 1. The zero-order valence-electron chi connectivity index (χ0n) is 21.9. The van der Waals surface area contributed by atoms with Gasteiger partial charge in [-0.2, -0.15) is 0 Å². The molecule has 9 heteroatoms. The van der Waals surface area contributed by atoms with Crippen molar-refractivity contribution >= 4 is 17.3 Å². The number of pyridine rings is 1. The van der Waals surface area contributed by atoms with Gasteiger partial charge in [0.2, 0.25) is 5.82 Å².